The van der Waals surface area contributed by atoms with Crippen LogP contribution in [0.15, 0.2) is 33.7 Å². The lowest BCUT2D eigenvalue weighted by atomic mass is 9.77. The molecule has 7 nitrogen and oxygen atoms in total. The fraction of sp³-hybridized carbons (Fsp3) is 0.421. The molecule has 1 spiro atoms. The van der Waals surface area contributed by atoms with Crippen LogP contribution in [0.5, 0.6) is 0 Å². The van der Waals surface area contributed by atoms with Gasteiger partial charge < -0.3 is 21.5 Å². The Morgan fingerprint density at radius 2 is 2.04 bits per heavy atom. The lowest BCUT2D eigenvalue weighted by molar-refractivity contribution is 0.0909. The third kappa shape index (κ3) is 2.94. The molecule has 1 amide bonds. The number of aliphatic hydroxyl groups excluding tert-OH is 1. The average Bonchev–Trinajstić information content (AvgIpc) is 2.90. The number of benzene rings is 1. The molecule has 0 saturated heterocycles. The van der Waals surface area contributed by atoms with Crippen LogP contribution in [0.3, 0.4) is 0 Å². The van der Waals surface area contributed by atoms with Crippen molar-refractivity contribution in [2.24, 2.45) is 15.7 Å². The van der Waals surface area contributed by atoms with E-state index in [2.05, 4.69) is 27.3 Å². The highest BCUT2D eigenvalue weighted by atomic mass is 16.3. The molecule has 0 atom stereocenters. The summed E-state index contributed by atoms with van der Waals surface area (Å²) < 4.78 is 0. The van der Waals surface area contributed by atoms with Gasteiger partial charge in [0.1, 0.15) is 0 Å². The number of amidine groups is 1. The summed E-state index contributed by atoms with van der Waals surface area (Å²) in [5, 5.41) is 16.4. The number of rotatable bonds is 4. The molecule has 1 aliphatic heterocycles. The van der Waals surface area contributed by atoms with Crippen LogP contribution in [0.4, 0.5) is 5.69 Å². The van der Waals surface area contributed by atoms with E-state index in [1.54, 1.807) is 0 Å². The molecule has 1 aromatic carbocycles. The number of amides is 1. The zero-order chi connectivity index (χ0) is 18.9. The summed E-state index contributed by atoms with van der Waals surface area (Å²) in [7, 11) is 1.48. The van der Waals surface area contributed by atoms with Crippen molar-refractivity contribution in [3.63, 3.8) is 0 Å². The molecule has 26 heavy (non-hydrogen) atoms. The number of aliphatic hydroxyl groups is 1. The van der Waals surface area contributed by atoms with Gasteiger partial charge in [0, 0.05) is 18.3 Å². The predicted molar refractivity (Wildman–Crippen MR) is 104 cm³/mol. The van der Waals surface area contributed by atoms with Gasteiger partial charge in [-0.25, -0.2) is 4.99 Å². The fourth-order valence-electron chi connectivity index (χ4n) is 3.97. The Kier molecular flexibility index (Phi) is 4.71. The molecule has 3 rings (SSSR count). The van der Waals surface area contributed by atoms with Crippen molar-refractivity contribution in [3.05, 3.63) is 40.4 Å². The number of nitrogens with two attached hydrogens (primary N) is 1. The van der Waals surface area contributed by atoms with Crippen LogP contribution in [-0.4, -0.2) is 30.6 Å². The van der Waals surface area contributed by atoms with E-state index in [9.17, 15) is 9.90 Å². The molecule has 1 aliphatic carbocycles. The van der Waals surface area contributed by atoms with Crippen molar-refractivity contribution >= 4 is 24.1 Å². The standard InChI is InChI=1S/C19H25N5O2/c1-11-9-12(23-17(22-3)15(25)16(20)21-2)10-13-14(11)18(26)24-19(13)7-5-4-6-8-19/h9-10,23,25H,3-8H2,1-2H3,(H2,20,21)(H,24,26)/b17-15-. The van der Waals surface area contributed by atoms with E-state index in [0.29, 0.717) is 0 Å². The first-order chi connectivity index (χ1) is 12.4. The van der Waals surface area contributed by atoms with E-state index >= 15 is 0 Å². The van der Waals surface area contributed by atoms with Crippen LogP contribution < -0.4 is 16.4 Å². The summed E-state index contributed by atoms with van der Waals surface area (Å²) in [6.45, 7) is 5.39. The Morgan fingerprint density at radius 3 is 2.65 bits per heavy atom. The SMILES string of the molecule is C=N/C(Nc1cc(C)c2c(c1)C1(CCCCC1)NC2=O)=C(/O)C(N)=NC. The van der Waals surface area contributed by atoms with Gasteiger partial charge in [-0.2, -0.15) is 0 Å². The number of fused-ring (bicyclic) bond motifs is 2. The number of hydrogen-bond acceptors (Lipinski definition) is 5. The minimum atomic E-state index is -0.287. The molecule has 0 unspecified atom stereocenters. The molecule has 1 heterocycles. The summed E-state index contributed by atoms with van der Waals surface area (Å²) in [4.78, 5) is 20.1. The molecule has 0 aromatic heterocycles. The first-order valence-corrected chi connectivity index (χ1v) is 8.79. The van der Waals surface area contributed by atoms with Crippen molar-refractivity contribution in [2.75, 3.05) is 12.4 Å². The van der Waals surface area contributed by atoms with Crippen LogP contribution in [0.1, 0.15) is 53.6 Å². The maximum absolute atomic E-state index is 12.5. The van der Waals surface area contributed by atoms with E-state index in [0.717, 1.165) is 48.1 Å². The second-order valence-electron chi connectivity index (χ2n) is 6.90. The third-order valence-corrected chi connectivity index (χ3v) is 5.27. The topological polar surface area (TPSA) is 112 Å². The summed E-state index contributed by atoms with van der Waals surface area (Å²) in [6, 6.07) is 3.82. The second kappa shape index (κ2) is 6.82. The number of carbonyl (C=O) groups is 1. The molecule has 0 radical (unpaired) electrons. The molecule has 0 bridgehead atoms. The van der Waals surface area contributed by atoms with Gasteiger partial charge in [-0.15, -0.1) is 0 Å². The lowest BCUT2D eigenvalue weighted by Gasteiger charge is -2.34. The Morgan fingerprint density at radius 1 is 1.35 bits per heavy atom. The first-order valence-electron chi connectivity index (χ1n) is 8.79. The molecule has 1 aromatic rings. The first kappa shape index (κ1) is 18.0. The molecule has 1 saturated carbocycles. The quantitative estimate of drug-likeness (QED) is 0.378. The monoisotopic (exact) mass is 355 g/mol. The van der Waals surface area contributed by atoms with E-state index in [1.807, 2.05) is 19.1 Å². The van der Waals surface area contributed by atoms with Gasteiger partial charge >= 0.3 is 0 Å². The van der Waals surface area contributed by atoms with Crippen molar-refractivity contribution in [1.82, 2.24) is 5.32 Å². The number of aliphatic imine (C=N–C) groups is 2. The summed E-state index contributed by atoms with van der Waals surface area (Å²) in [5.74, 6) is -0.170. The lowest BCUT2D eigenvalue weighted by Crippen LogP contribution is -2.40. The van der Waals surface area contributed by atoms with E-state index in [4.69, 9.17) is 5.73 Å². The van der Waals surface area contributed by atoms with Crippen molar-refractivity contribution in [3.8, 4) is 0 Å². The van der Waals surface area contributed by atoms with Gasteiger partial charge in [-0.1, -0.05) is 19.3 Å². The maximum atomic E-state index is 12.5. The second-order valence-corrected chi connectivity index (χ2v) is 6.90. The number of aryl methyl sites for hydroxylation is 1. The van der Waals surface area contributed by atoms with Crippen LogP contribution >= 0.6 is 0 Å². The normalized spacial score (nSPS) is 19.6. The molecule has 138 valence electrons. The molecule has 2 aliphatic rings. The maximum Gasteiger partial charge on any atom is 0.252 e. The number of hydrogen-bond donors (Lipinski definition) is 4. The zero-order valence-corrected chi connectivity index (χ0v) is 15.2. The van der Waals surface area contributed by atoms with Crippen LogP contribution in [-0.2, 0) is 5.54 Å². The average molecular weight is 355 g/mol. The Balaban J connectivity index is 2.04. The Labute approximate surface area is 153 Å². The summed E-state index contributed by atoms with van der Waals surface area (Å²) in [6.07, 6.45) is 5.27. The minimum Gasteiger partial charge on any atom is -0.502 e. The highest BCUT2D eigenvalue weighted by Crippen LogP contribution is 2.44. The molecular formula is C19H25N5O2. The van der Waals surface area contributed by atoms with Crippen LogP contribution in [0, 0.1) is 6.92 Å². The minimum absolute atomic E-state index is 0.00577. The predicted octanol–water partition coefficient (Wildman–Crippen LogP) is 2.72. The van der Waals surface area contributed by atoms with Crippen LogP contribution in [0.2, 0.25) is 0 Å². The zero-order valence-electron chi connectivity index (χ0n) is 15.2. The van der Waals surface area contributed by atoms with Crippen LogP contribution in [0.25, 0.3) is 0 Å². The van der Waals surface area contributed by atoms with Gasteiger partial charge in [0.15, 0.2) is 11.7 Å². The molecule has 5 N–H and O–H groups in total. The van der Waals surface area contributed by atoms with Gasteiger partial charge in [-0.3, -0.25) is 9.79 Å². The largest absolute Gasteiger partial charge is 0.502 e. The number of carbonyl (C=O) groups excluding carboxylic acids is 1. The van der Waals surface area contributed by atoms with Crippen molar-refractivity contribution in [1.29, 1.82) is 0 Å². The fourth-order valence-corrected chi connectivity index (χ4v) is 3.97. The number of nitrogens with one attached hydrogen (secondary N) is 2. The highest BCUT2D eigenvalue weighted by molar-refractivity contribution is 6.02. The molecule has 7 heteroatoms. The van der Waals surface area contributed by atoms with Gasteiger partial charge in [0.25, 0.3) is 5.91 Å². The van der Waals surface area contributed by atoms with Gasteiger partial charge in [-0.05, 0) is 49.7 Å². The van der Waals surface area contributed by atoms with Crippen molar-refractivity contribution < 1.29 is 9.90 Å². The van der Waals surface area contributed by atoms with E-state index in [1.165, 1.54) is 13.5 Å². The van der Waals surface area contributed by atoms with E-state index < -0.39 is 0 Å². The molecular weight excluding hydrogens is 330 g/mol. The number of nitrogens with zero attached hydrogens (tertiary/aromatic N) is 2. The smallest absolute Gasteiger partial charge is 0.252 e. The summed E-state index contributed by atoms with van der Waals surface area (Å²) in [5.41, 5.74) is 8.75. The van der Waals surface area contributed by atoms with Crippen molar-refractivity contribution in [2.45, 2.75) is 44.6 Å². The Bertz CT molecular complexity index is 819. The van der Waals surface area contributed by atoms with Gasteiger partial charge in [0.2, 0.25) is 5.76 Å². The third-order valence-electron chi connectivity index (χ3n) is 5.27. The highest BCUT2D eigenvalue weighted by Gasteiger charge is 2.44. The molecule has 1 fully saturated rings. The van der Waals surface area contributed by atoms with Gasteiger partial charge in [0.05, 0.1) is 5.54 Å². The number of anilines is 1. The Hall–Kier alpha value is -2.83. The van der Waals surface area contributed by atoms with E-state index in [-0.39, 0.29) is 28.9 Å². The summed E-state index contributed by atoms with van der Waals surface area (Å²) >= 11 is 0.